The highest BCUT2D eigenvalue weighted by Gasteiger charge is 2.08. The minimum Gasteiger partial charge on any atom is -0.376 e. The minimum atomic E-state index is -0.540. The van der Waals surface area contributed by atoms with Crippen LogP contribution >= 0.6 is 0 Å². The molecule has 0 saturated carbocycles. The van der Waals surface area contributed by atoms with Crippen LogP contribution in [0.1, 0.15) is 16.1 Å². The maximum Gasteiger partial charge on any atom is 0.250 e. The molecule has 3 aromatic rings. The summed E-state index contributed by atoms with van der Waals surface area (Å²) >= 11 is 0. The molecule has 7 heteroatoms. The van der Waals surface area contributed by atoms with Crippen LogP contribution in [-0.4, -0.2) is 28.3 Å². The predicted molar refractivity (Wildman–Crippen MR) is 91.4 cm³/mol. The fraction of sp³-hybridized carbons (Fsp3) is 0.118. The number of amides is 2. The number of para-hydroxylation sites is 1. The Morgan fingerprint density at radius 2 is 1.96 bits per heavy atom. The molecule has 0 aliphatic rings. The van der Waals surface area contributed by atoms with Gasteiger partial charge in [-0.15, -0.1) is 0 Å². The number of pyridine rings is 1. The summed E-state index contributed by atoms with van der Waals surface area (Å²) in [6, 6.07) is 12.5. The molecule has 0 fully saturated rings. The van der Waals surface area contributed by atoms with Gasteiger partial charge in [-0.25, -0.2) is 4.98 Å². The number of carbonyl (C=O) groups excluding carboxylic acids is 2. The van der Waals surface area contributed by atoms with Crippen LogP contribution in [-0.2, 0) is 11.3 Å². The normalized spacial score (nSPS) is 10.5. The molecule has 2 amide bonds. The van der Waals surface area contributed by atoms with Crippen LogP contribution in [0.4, 0.5) is 5.69 Å². The molecular weight excluding hydrogens is 306 g/mol. The van der Waals surface area contributed by atoms with E-state index in [4.69, 9.17) is 5.73 Å². The number of fused-ring (bicyclic) bond motifs is 1. The van der Waals surface area contributed by atoms with Crippen molar-refractivity contribution >= 4 is 28.5 Å². The van der Waals surface area contributed by atoms with Gasteiger partial charge in [0.2, 0.25) is 5.91 Å². The zero-order valence-electron chi connectivity index (χ0n) is 12.9. The summed E-state index contributed by atoms with van der Waals surface area (Å²) in [5, 5.41) is 6.72. The van der Waals surface area contributed by atoms with E-state index in [-0.39, 0.29) is 12.5 Å². The topological polar surface area (TPSA) is 113 Å². The average Bonchev–Trinajstić information content (AvgIpc) is 3.06. The largest absolute Gasteiger partial charge is 0.376 e. The lowest BCUT2D eigenvalue weighted by Gasteiger charge is -2.10. The van der Waals surface area contributed by atoms with E-state index < -0.39 is 5.91 Å². The number of hydrogen-bond donors (Lipinski definition) is 4. The fourth-order valence-electron chi connectivity index (χ4n) is 2.35. The highest BCUT2D eigenvalue weighted by atomic mass is 16.2. The van der Waals surface area contributed by atoms with Gasteiger partial charge in [0.15, 0.2) is 0 Å². The van der Waals surface area contributed by atoms with Crippen LogP contribution in [0.2, 0.25) is 0 Å². The number of nitrogens with one attached hydrogen (secondary N) is 3. The molecule has 7 nitrogen and oxygen atoms in total. The first-order valence-electron chi connectivity index (χ1n) is 7.46. The summed E-state index contributed by atoms with van der Waals surface area (Å²) in [5.41, 5.74) is 7.73. The summed E-state index contributed by atoms with van der Waals surface area (Å²) in [4.78, 5) is 30.7. The van der Waals surface area contributed by atoms with Crippen LogP contribution in [0.25, 0.3) is 11.0 Å². The Balaban J connectivity index is 1.55. The highest BCUT2D eigenvalue weighted by Crippen LogP contribution is 2.13. The summed E-state index contributed by atoms with van der Waals surface area (Å²) < 4.78 is 0. The summed E-state index contributed by atoms with van der Waals surface area (Å²) in [6.07, 6.45) is 1.82. The predicted octanol–water partition coefficient (Wildman–Crippen LogP) is 1.39. The number of rotatable bonds is 6. The lowest BCUT2D eigenvalue weighted by molar-refractivity contribution is -0.119. The van der Waals surface area contributed by atoms with Crippen LogP contribution in [0.5, 0.6) is 0 Å². The monoisotopic (exact) mass is 323 g/mol. The van der Waals surface area contributed by atoms with Crippen molar-refractivity contribution in [2.75, 3.05) is 11.9 Å². The van der Waals surface area contributed by atoms with Crippen molar-refractivity contribution in [1.82, 2.24) is 15.3 Å². The van der Waals surface area contributed by atoms with Gasteiger partial charge in [0.25, 0.3) is 5.91 Å². The van der Waals surface area contributed by atoms with Crippen LogP contribution < -0.4 is 16.4 Å². The third-order valence-electron chi connectivity index (χ3n) is 3.57. The lowest BCUT2D eigenvalue weighted by atomic mass is 10.1. The molecule has 2 aromatic heterocycles. The van der Waals surface area contributed by atoms with Crippen molar-refractivity contribution in [3.63, 3.8) is 0 Å². The average molecular weight is 323 g/mol. The Labute approximate surface area is 138 Å². The number of aromatic nitrogens is 2. The Bertz CT molecular complexity index is 887. The first-order valence-corrected chi connectivity index (χ1v) is 7.46. The highest BCUT2D eigenvalue weighted by molar-refractivity contribution is 5.99. The van der Waals surface area contributed by atoms with E-state index in [1.54, 1.807) is 24.3 Å². The molecule has 5 N–H and O–H groups in total. The number of benzene rings is 1. The molecule has 0 aliphatic carbocycles. The van der Waals surface area contributed by atoms with Crippen molar-refractivity contribution in [2.45, 2.75) is 6.54 Å². The van der Waals surface area contributed by atoms with Gasteiger partial charge in [-0.1, -0.05) is 12.1 Å². The van der Waals surface area contributed by atoms with E-state index in [9.17, 15) is 9.59 Å². The van der Waals surface area contributed by atoms with E-state index in [1.807, 2.05) is 24.4 Å². The summed E-state index contributed by atoms with van der Waals surface area (Å²) in [6.45, 7) is 0.363. The van der Waals surface area contributed by atoms with Gasteiger partial charge >= 0.3 is 0 Å². The van der Waals surface area contributed by atoms with Crippen LogP contribution in [0, 0.1) is 0 Å². The molecule has 2 heterocycles. The second-order valence-corrected chi connectivity index (χ2v) is 5.26. The molecule has 1 aromatic carbocycles. The second kappa shape index (κ2) is 6.82. The molecule has 0 unspecified atom stereocenters. The lowest BCUT2D eigenvalue weighted by Crippen LogP contribution is -2.30. The van der Waals surface area contributed by atoms with Crippen LogP contribution in [0.3, 0.4) is 0 Å². The third kappa shape index (κ3) is 3.52. The van der Waals surface area contributed by atoms with Crippen molar-refractivity contribution < 1.29 is 9.59 Å². The number of H-pyrrole nitrogens is 1. The molecule has 0 bridgehead atoms. The zero-order chi connectivity index (χ0) is 16.9. The molecule has 24 heavy (non-hydrogen) atoms. The van der Waals surface area contributed by atoms with Gasteiger partial charge in [-0.3, -0.25) is 9.59 Å². The molecule has 0 aliphatic heterocycles. The number of aromatic amines is 1. The van der Waals surface area contributed by atoms with E-state index in [2.05, 4.69) is 20.6 Å². The number of anilines is 1. The van der Waals surface area contributed by atoms with E-state index in [0.29, 0.717) is 17.8 Å². The molecular formula is C17H17N5O2. The Kier molecular flexibility index (Phi) is 4.42. The zero-order valence-corrected chi connectivity index (χ0v) is 12.9. The number of hydrogen-bond acceptors (Lipinski definition) is 4. The molecule has 3 rings (SSSR count). The third-order valence-corrected chi connectivity index (χ3v) is 3.57. The van der Waals surface area contributed by atoms with Crippen molar-refractivity contribution in [2.24, 2.45) is 5.73 Å². The molecule has 0 spiro atoms. The molecule has 122 valence electrons. The quantitative estimate of drug-likeness (QED) is 0.549. The SMILES string of the molecule is NC(=O)c1ccccc1NCC(=O)NCc1ccc2cc[nH]c2n1. The number of nitrogens with zero attached hydrogens (tertiary/aromatic N) is 1. The molecule has 0 radical (unpaired) electrons. The first-order chi connectivity index (χ1) is 11.6. The smallest absolute Gasteiger partial charge is 0.250 e. The second-order valence-electron chi connectivity index (χ2n) is 5.26. The first kappa shape index (κ1) is 15.5. The Hall–Kier alpha value is -3.35. The standard InChI is InChI=1S/C17H17N5O2/c18-16(24)13-3-1-2-4-14(13)20-10-15(23)21-9-12-6-5-11-7-8-19-17(11)22-12/h1-8,20H,9-10H2,(H2,18,24)(H,19,22)(H,21,23). The van der Waals surface area contributed by atoms with Gasteiger partial charge in [0.1, 0.15) is 5.65 Å². The maximum absolute atomic E-state index is 12.0. The Morgan fingerprint density at radius 3 is 2.79 bits per heavy atom. The number of carbonyl (C=O) groups is 2. The van der Waals surface area contributed by atoms with Crippen molar-refractivity contribution in [3.05, 3.63) is 59.9 Å². The van der Waals surface area contributed by atoms with Gasteiger partial charge in [0, 0.05) is 17.3 Å². The summed E-state index contributed by atoms with van der Waals surface area (Å²) in [5.74, 6) is -0.746. The van der Waals surface area contributed by atoms with Gasteiger partial charge in [-0.05, 0) is 30.3 Å². The fourth-order valence-corrected chi connectivity index (χ4v) is 2.35. The van der Waals surface area contributed by atoms with E-state index in [1.165, 1.54) is 0 Å². The molecule has 0 atom stereocenters. The molecule has 0 saturated heterocycles. The van der Waals surface area contributed by atoms with Crippen molar-refractivity contribution in [3.8, 4) is 0 Å². The summed E-state index contributed by atoms with van der Waals surface area (Å²) in [7, 11) is 0. The van der Waals surface area contributed by atoms with Gasteiger partial charge in [0.05, 0.1) is 24.3 Å². The Morgan fingerprint density at radius 1 is 1.12 bits per heavy atom. The van der Waals surface area contributed by atoms with E-state index in [0.717, 1.165) is 16.7 Å². The van der Waals surface area contributed by atoms with Gasteiger partial charge in [-0.2, -0.15) is 0 Å². The van der Waals surface area contributed by atoms with Crippen LogP contribution in [0.15, 0.2) is 48.7 Å². The van der Waals surface area contributed by atoms with Crippen molar-refractivity contribution in [1.29, 1.82) is 0 Å². The maximum atomic E-state index is 12.0. The van der Waals surface area contributed by atoms with Gasteiger partial charge < -0.3 is 21.4 Å². The van der Waals surface area contributed by atoms with E-state index >= 15 is 0 Å². The minimum absolute atomic E-state index is 0.0367. The number of nitrogens with two attached hydrogens (primary N) is 1. The number of primary amides is 1.